The van der Waals surface area contributed by atoms with Gasteiger partial charge in [0.1, 0.15) is 0 Å². The fraction of sp³-hybridized carbons (Fsp3) is 0.625. The third kappa shape index (κ3) is 3.12. The van der Waals surface area contributed by atoms with Crippen molar-refractivity contribution in [3.8, 4) is 0 Å². The number of rotatable bonds is 4. The lowest BCUT2D eigenvalue weighted by molar-refractivity contribution is 0.0383. The van der Waals surface area contributed by atoms with Crippen molar-refractivity contribution in [2.45, 2.75) is 57.7 Å². The Morgan fingerprint density at radius 1 is 1.22 bits per heavy atom. The van der Waals surface area contributed by atoms with E-state index in [9.17, 15) is 0 Å². The van der Waals surface area contributed by atoms with Crippen molar-refractivity contribution < 1.29 is 4.74 Å². The van der Waals surface area contributed by atoms with Gasteiger partial charge in [0.2, 0.25) is 0 Å². The summed E-state index contributed by atoms with van der Waals surface area (Å²) in [6.07, 6.45) is 5.42. The highest BCUT2D eigenvalue weighted by Gasteiger charge is 2.26. The molecule has 2 rings (SSSR count). The summed E-state index contributed by atoms with van der Waals surface area (Å²) in [6, 6.07) is 9.52. The van der Waals surface area contributed by atoms with E-state index in [4.69, 9.17) is 4.74 Å². The standard InChI is InChI=1S/C16H25NO/c1-12-8-4-5-9-14(12)13(2)17-15-10-6-7-11-16(15)18-3/h4-5,8-9,13,15-17H,6-7,10-11H2,1-3H3. The molecule has 0 heterocycles. The molecule has 0 aromatic heterocycles. The summed E-state index contributed by atoms with van der Waals surface area (Å²) < 4.78 is 5.61. The second kappa shape index (κ2) is 6.35. The molecule has 0 spiro atoms. The molecule has 2 nitrogen and oxygen atoms in total. The van der Waals surface area contributed by atoms with E-state index in [2.05, 4.69) is 43.4 Å². The van der Waals surface area contributed by atoms with Gasteiger partial charge in [0.25, 0.3) is 0 Å². The van der Waals surface area contributed by atoms with Crippen LogP contribution in [-0.4, -0.2) is 19.3 Å². The summed E-state index contributed by atoms with van der Waals surface area (Å²) in [7, 11) is 1.84. The largest absolute Gasteiger partial charge is 0.380 e. The minimum Gasteiger partial charge on any atom is -0.380 e. The predicted molar refractivity (Wildman–Crippen MR) is 75.8 cm³/mol. The molecule has 0 aliphatic heterocycles. The highest BCUT2D eigenvalue weighted by atomic mass is 16.5. The van der Waals surface area contributed by atoms with Crippen LogP contribution < -0.4 is 5.32 Å². The fourth-order valence-electron chi connectivity index (χ4n) is 3.05. The van der Waals surface area contributed by atoms with E-state index < -0.39 is 0 Å². The van der Waals surface area contributed by atoms with Gasteiger partial charge in [-0.1, -0.05) is 37.1 Å². The highest BCUT2D eigenvalue weighted by molar-refractivity contribution is 5.28. The molecule has 1 aromatic rings. The number of hydrogen-bond donors (Lipinski definition) is 1. The van der Waals surface area contributed by atoms with E-state index in [0.717, 1.165) is 0 Å². The summed E-state index contributed by atoms with van der Waals surface area (Å²) in [6.45, 7) is 4.44. The van der Waals surface area contributed by atoms with Crippen LogP contribution in [0.1, 0.15) is 49.8 Å². The van der Waals surface area contributed by atoms with Gasteiger partial charge >= 0.3 is 0 Å². The maximum Gasteiger partial charge on any atom is 0.0724 e. The molecule has 1 aliphatic rings. The lowest BCUT2D eigenvalue weighted by atomic mass is 9.91. The van der Waals surface area contributed by atoms with Crippen LogP contribution in [0.25, 0.3) is 0 Å². The second-order valence-corrected chi connectivity index (χ2v) is 5.41. The molecular weight excluding hydrogens is 222 g/mol. The first kappa shape index (κ1) is 13.6. The molecule has 0 amide bonds. The van der Waals surface area contributed by atoms with E-state index in [1.54, 1.807) is 0 Å². The molecule has 1 N–H and O–H groups in total. The Bertz CT molecular complexity index is 377. The summed E-state index contributed by atoms with van der Waals surface area (Å²) in [5, 5.41) is 3.75. The first-order valence-electron chi connectivity index (χ1n) is 7.06. The summed E-state index contributed by atoms with van der Waals surface area (Å²) in [5.41, 5.74) is 2.76. The van der Waals surface area contributed by atoms with Crippen molar-refractivity contribution in [1.82, 2.24) is 5.32 Å². The minimum absolute atomic E-state index is 0.380. The van der Waals surface area contributed by atoms with E-state index in [0.29, 0.717) is 18.2 Å². The van der Waals surface area contributed by atoms with Crippen molar-refractivity contribution >= 4 is 0 Å². The Balaban J connectivity index is 2.02. The zero-order chi connectivity index (χ0) is 13.0. The topological polar surface area (TPSA) is 21.3 Å². The molecule has 1 fully saturated rings. The zero-order valence-electron chi connectivity index (χ0n) is 11.8. The Labute approximate surface area is 111 Å². The maximum absolute atomic E-state index is 5.61. The van der Waals surface area contributed by atoms with Gasteiger partial charge in [-0.3, -0.25) is 0 Å². The molecule has 0 radical (unpaired) electrons. The predicted octanol–water partition coefficient (Wildman–Crippen LogP) is 3.60. The minimum atomic E-state index is 0.380. The van der Waals surface area contributed by atoms with E-state index in [-0.39, 0.29) is 0 Å². The van der Waals surface area contributed by atoms with Crippen LogP contribution >= 0.6 is 0 Å². The number of ether oxygens (including phenoxy) is 1. The lowest BCUT2D eigenvalue weighted by Gasteiger charge is -2.33. The molecule has 0 bridgehead atoms. The van der Waals surface area contributed by atoms with E-state index >= 15 is 0 Å². The van der Waals surface area contributed by atoms with Crippen LogP contribution in [0.2, 0.25) is 0 Å². The van der Waals surface area contributed by atoms with Gasteiger partial charge in [-0.15, -0.1) is 0 Å². The maximum atomic E-state index is 5.61. The van der Waals surface area contributed by atoms with Gasteiger partial charge in [0.15, 0.2) is 0 Å². The zero-order valence-corrected chi connectivity index (χ0v) is 11.8. The molecule has 3 unspecified atom stereocenters. The summed E-state index contributed by atoms with van der Waals surface area (Å²) >= 11 is 0. The van der Waals surface area contributed by atoms with Gasteiger partial charge in [-0.2, -0.15) is 0 Å². The molecule has 1 aromatic carbocycles. The number of aryl methyl sites for hydroxylation is 1. The monoisotopic (exact) mass is 247 g/mol. The molecule has 1 aliphatic carbocycles. The summed E-state index contributed by atoms with van der Waals surface area (Å²) in [5.74, 6) is 0. The third-order valence-corrected chi connectivity index (χ3v) is 4.12. The molecule has 100 valence electrons. The van der Waals surface area contributed by atoms with Crippen LogP contribution in [0.4, 0.5) is 0 Å². The van der Waals surface area contributed by atoms with Gasteiger partial charge in [-0.25, -0.2) is 0 Å². The number of benzene rings is 1. The average Bonchev–Trinajstić information content (AvgIpc) is 2.39. The lowest BCUT2D eigenvalue weighted by Crippen LogP contribution is -2.44. The Morgan fingerprint density at radius 2 is 1.94 bits per heavy atom. The number of methoxy groups -OCH3 is 1. The van der Waals surface area contributed by atoms with Crippen molar-refractivity contribution in [1.29, 1.82) is 0 Å². The van der Waals surface area contributed by atoms with Gasteiger partial charge in [0.05, 0.1) is 6.10 Å². The molecule has 18 heavy (non-hydrogen) atoms. The first-order chi connectivity index (χ1) is 8.72. The molecule has 3 atom stereocenters. The van der Waals surface area contributed by atoms with E-state index in [1.165, 1.54) is 36.8 Å². The van der Waals surface area contributed by atoms with E-state index in [1.807, 2.05) is 7.11 Å². The Morgan fingerprint density at radius 3 is 2.67 bits per heavy atom. The molecule has 0 saturated heterocycles. The Kier molecular flexibility index (Phi) is 4.79. The van der Waals surface area contributed by atoms with Gasteiger partial charge < -0.3 is 10.1 Å². The van der Waals surface area contributed by atoms with Crippen molar-refractivity contribution in [3.63, 3.8) is 0 Å². The second-order valence-electron chi connectivity index (χ2n) is 5.41. The highest BCUT2D eigenvalue weighted by Crippen LogP contribution is 2.24. The first-order valence-corrected chi connectivity index (χ1v) is 7.06. The van der Waals surface area contributed by atoms with Crippen LogP contribution in [0.15, 0.2) is 24.3 Å². The quantitative estimate of drug-likeness (QED) is 0.877. The number of nitrogens with one attached hydrogen (secondary N) is 1. The third-order valence-electron chi connectivity index (χ3n) is 4.12. The molecule has 2 heteroatoms. The van der Waals surface area contributed by atoms with Crippen LogP contribution in [0, 0.1) is 6.92 Å². The Hall–Kier alpha value is -0.860. The molecule has 1 saturated carbocycles. The van der Waals surface area contributed by atoms with Gasteiger partial charge in [0, 0.05) is 19.2 Å². The van der Waals surface area contributed by atoms with Crippen molar-refractivity contribution in [3.05, 3.63) is 35.4 Å². The molecular formula is C16H25NO. The number of hydrogen-bond acceptors (Lipinski definition) is 2. The SMILES string of the molecule is COC1CCCCC1NC(C)c1ccccc1C. The van der Waals surface area contributed by atoms with Gasteiger partial charge in [-0.05, 0) is 37.8 Å². The summed E-state index contributed by atoms with van der Waals surface area (Å²) in [4.78, 5) is 0. The van der Waals surface area contributed by atoms with Crippen molar-refractivity contribution in [2.75, 3.05) is 7.11 Å². The van der Waals surface area contributed by atoms with Crippen LogP contribution in [0.5, 0.6) is 0 Å². The fourth-order valence-corrected chi connectivity index (χ4v) is 3.05. The van der Waals surface area contributed by atoms with Crippen molar-refractivity contribution in [2.24, 2.45) is 0 Å². The smallest absolute Gasteiger partial charge is 0.0724 e. The average molecular weight is 247 g/mol. The van der Waals surface area contributed by atoms with Crippen LogP contribution in [-0.2, 0) is 4.74 Å². The normalized spacial score (nSPS) is 25.9. The van der Waals surface area contributed by atoms with Crippen LogP contribution in [0.3, 0.4) is 0 Å².